The van der Waals surface area contributed by atoms with Gasteiger partial charge in [-0.15, -0.1) is 0 Å². The Morgan fingerprint density at radius 3 is 2.75 bits per heavy atom. The van der Waals surface area contributed by atoms with Crippen molar-refractivity contribution in [1.29, 1.82) is 0 Å². The smallest absolute Gasteiger partial charge is 0.135 e. The Kier molecular flexibility index (Phi) is 7.00. The van der Waals surface area contributed by atoms with Gasteiger partial charge in [-0.25, -0.2) is 0 Å². The molecule has 3 rings (SSSR count). The molecule has 2 heterocycles. The molecule has 0 bridgehead atoms. The molecule has 3 nitrogen and oxygen atoms in total. The molecule has 2 aromatic rings. The summed E-state index contributed by atoms with van der Waals surface area (Å²) < 4.78 is 0. The van der Waals surface area contributed by atoms with E-state index in [2.05, 4.69) is 48.1 Å². The fraction of sp³-hybridized carbons (Fsp3) is 0.542. The van der Waals surface area contributed by atoms with Crippen LogP contribution in [-0.4, -0.2) is 22.2 Å². The molecule has 1 aliphatic rings. The van der Waals surface area contributed by atoms with E-state index in [-0.39, 0.29) is 11.2 Å². The van der Waals surface area contributed by atoms with Crippen molar-refractivity contribution >= 4 is 17.4 Å². The predicted octanol–water partition coefficient (Wildman–Crippen LogP) is 6.33. The maximum Gasteiger partial charge on any atom is 0.135 e. The summed E-state index contributed by atoms with van der Waals surface area (Å²) in [5.74, 6) is 0.289. The molecule has 0 aliphatic carbocycles. The number of H-pyrrole nitrogens is 1. The second-order valence-corrected chi connectivity index (χ2v) is 9.19. The number of aromatic amines is 1. The van der Waals surface area contributed by atoms with Crippen LogP contribution in [0, 0.1) is 5.41 Å². The largest absolute Gasteiger partial charge is 0.365 e. The number of Topliss-reactive ketones (excluding diaryl/α,β-unsaturated/α-hetero) is 1. The van der Waals surface area contributed by atoms with Gasteiger partial charge in [0.05, 0.1) is 0 Å². The number of unbranched alkanes of at least 4 members (excludes halogenated alkanes) is 2. The Hall–Kier alpha value is -1.58. The highest BCUT2D eigenvalue weighted by molar-refractivity contribution is 6.31. The van der Waals surface area contributed by atoms with Crippen LogP contribution in [0.1, 0.15) is 75.7 Å². The van der Waals surface area contributed by atoms with E-state index in [0.29, 0.717) is 6.04 Å². The highest BCUT2D eigenvalue weighted by atomic mass is 35.5. The van der Waals surface area contributed by atoms with Crippen LogP contribution >= 0.6 is 11.6 Å². The minimum atomic E-state index is -0.195. The predicted molar refractivity (Wildman–Crippen MR) is 117 cm³/mol. The molecule has 1 unspecified atom stereocenters. The van der Waals surface area contributed by atoms with Crippen molar-refractivity contribution in [3.63, 3.8) is 0 Å². The van der Waals surface area contributed by atoms with E-state index in [1.807, 2.05) is 12.1 Å². The van der Waals surface area contributed by atoms with Gasteiger partial charge in [0.25, 0.3) is 0 Å². The average molecular weight is 401 g/mol. The summed E-state index contributed by atoms with van der Waals surface area (Å²) in [4.78, 5) is 17.7. The van der Waals surface area contributed by atoms with Crippen molar-refractivity contribution in [2.24, 2.45) is 5.41 Å². The van der Waals surface area contributed by atoms with E-state index in [4.69, 9.17) is 11.6 Å². The number of nitrogens with one attached hydrogen (secondary N) is 1. The van der Waals surface area contributed by atoms with Gasteiger partial charge in [0, 0.05) is 47.9 Å². The SMILES string of the molecule is CC(=O)C(C)(C)CCCCCC(c1ccccc1Cl)N1CCc2[nH]ccc2C1. The normalized spacial score (nSPS) is 16.0. The number of carbonyl (C=O) groups is 1. The van der Waals surface area contributed by atoms with Gasteiger partial charge in [0.1, 0.15) is 5.78 Å². The standard InChI is InChI=1S/C24H33ClN2O/c1-18(28)24(2,3)14-8-4-5-11-23(20-9-6-7-10-21(20)25)27-16-13-22-19(17-27)12-15-26-22/h6-7,9-10,12,15,23,26H,4-5,8,11,13-14,16-17H2,1-3H3. The van der Waals surface area contributed by atoms with Crippen molar-refractivity contribution in [1.82, 2.24) is 9.88 Å². The molecular formula is C24H33ClN2O. The van der Waals surface area contributed by atoms with Crippen molar-refractivity contribution in [3.05, 3.63) is 58.4 Å². The minimum absolute atomic E-state index is 0.195. The first-order valence-corrected chi connectivity index (χ1v) is 10.9. The second-order valence-electron chi connectivity index (χ2n) is 8.78. The maximum atomic E-state index is 11.7. The van der Waals surface area contributed by atoms with Crippen LogP contribution in [0.3, 0.4) is 0 Å². The number of nitrogens with zero attached hydrogens (tertiary/aromatic N) is 1. The third kappa shape index (κ3) is 5.07. The van der Waals surface area contributed by atoms with Crippen LogP contribution in [0.2, 0.25) is 5.02 Å². The van der Waals surface area contributed by atoms with E-state index in [1.165, 1.54) is 16.8 Å². The summed E-state index contributed by atoms with van der Waals surface area (Å²) in [6, 6.07) is 10.8. The van der Waals surface area contributed by atoms with Gasteiger partial charge in [-0.2, -0.15) is 0 Å². The first kappa shape index (κ1) is 21.1. The maximum absolute atomic E-state index is 11.7. The van der Waals surface area contributed by atoms with Crippen LogP contribution in [0.4, 0.5) is 0 Å². The minimum Gasteiger partial charge on any atom is -0.365 e. The Labute approximate surface area is 174 Å². The number of aromatic nitrogens is 1. The molecule has 1 aromatic heterocycles. The van der Waals surface area contributed by atoms with Crippen LogP contribution in [0.25, 0.3) is 0 Å². The van der Waals surface area contributed by atoms with Crippen LogP contribution in [-0.2, 0) is 17.8 Å². The Balaban J connectivity index is 1.63. The van der Waals surface area contributed by atoms with E-state index in [1.54, 1.807) is 6.92 Å². The van der Waals surface area contributed by atoms with Gasteiger partial charge in [-0.1, -0.05) is 62.9 Å². The Morgan fingerprint density at radius 1 is 1.21 bits per heavy atom. The molecule has 0 radical (unpaired) electrons. The number of rotatable bonds is 9. The molecule has 28 heavy (non-hydrogen) atoms. The number of carbonyl (C=O) groups excluding carboxylic acids is 1. The van der Waals surface area contributed by atoms with Gasteiger partial charge in [-0.3, -0.25) is 9.69 Å². The number of hydrogen-bond donors (Lipinski definition) is 1. The monoisotopic (exact) mass is 400 g/mol. The highest BCUT2D eigenvalue weighted by Gasteiger charge is 2.27. The summed E-state index contributed by atoms with van der Waals surface area (Å²) in [6.45, 7) is 7.86. The van der Waals surface area contributed by atoms with Gasteiger partial charge in [0.15, 0.2) is 0 Å². The molecule has 1 aliphatic heterocycles. The molecule has 1 atom stereocenters. The third-order valence-corrected chi connectivity index (χ3v) is 6.73. The fourth-order valence-corrected chi connectivity index (χ4v) is 4.44. The van der Waals surface area contributed by atoms with Crippen molar-refractivity contribution in [2.75, 3.05) is 6.54 Å². The lowest BCUT2D eigenvalue weighted by molar-refractivity contribution is -0.125. The summed E-state index contributed by atoms with van der Waals surface area (Å²) >= 11 is 6.58. The highest BCUT2D eigenvalue weighted by Crippen LogP contribution is 2.35. The van der Waals surface area contributed by atoms with Gasteiger partial charge in [0.2, 0.25) is 0 Å². The lowest BCUT2D eigenvalue weighted by Gasteiger charge is -2.35. The quantitative estimate of drug-likeness (QED) is 0.499. The van der Waals surface area contributed by atoms with E-state index >= 15 is 0 Å². The number of benzene rings is 1. The van der Waals surface area contributed by atoms with Crippen molar-refractivity contribution in [2.45, 2.75) is 71.9 Å². The second kappa shape index (κ2) is 9.28. The molecule has 0 spiro atoms. The zero-order valence-electron chi connectivity index (χ0n) is 17.4. The van der Waals surface area contributed by atoms with Crippen LogP contribution in [0.5, 0.6) is 0 Å². The lowest BCUT2D eigenvalue weighted by atomic mass is 9.83. The molecule has 0 saturated carbocycles. The average Bonchev–Trinajstić information content (AvgIpc) is 3.13. The van der Waals surface area contributed by atoms with Crippen molar-refractivity contribution < 1.29 is 4.79 Å². The summed E-state index contributed by atoms with van der Waals surface area (Å²) in [6.07, 6.45) is 8.59. The number of halogens is 1. The van der Waals surface area contributed by atoms with Gasteiger partial charge < -0.3 is 4.98 Å². The van der Waals surface area contributed by atoms with Crippen LogP contribution < -0.4 is 0 Å². The Bertz CT molecular complexity index is 795. The molecule has 152 valence electrons. The first-order valence-electron chi connectivity index (χ1n) is 10.5. The van der Waals surface area contributed by atoms with E-state index in [0.717, 1.165) is 56.6 Å². The fourth-order valence-electron chi connectivity index (χ4n) is 4.17. The zero-order valence-corrected chi connectivity index (χ0v) is 18.2. The van der Waals surface area contributed by atoms with Crippen molar-refractivity contribution in [3.8, 4) is 0 Å². The molecule has 4 heteroatoms. The molecular weight excluding hydrogens is 368 g/mol. The summed E-state index contributed by atoms with van der Waals surface area (Å²) in [5, 5.41) is 0.866. The number of fused-ring (bicyclic) bond motifs is 1. The molecule has 1 N–H and O–H groups in total. The summed E-state index contributed by atoms with van der Waals surface area (Å²) in [5.41, 5.74) is 3.83. The number of ketones is 1. The van der Waals surface area contributed by atoms with Gasteiger partial charge in [-0.05, 0) is 43.0 Å². The van der Waals surface area contributed by atoms with E-state index < -0.39 is 0 Å². The summed E-state index contributed by atoms with van der Waals surface area (Å²) in [7, 11) is 0. The topological polar surface area (TPSA) is 36.1 Å². The molecule has 1 aromatic carbocycles. The molecule has 0 fully saturated rings. The zero-order chi connectivity index (χ0) is 20.1. The lowest BCUT2D eigenvalue weighted by Crippen LogP contribution is -2.34. The Morgan fingerprint density at radius 2 is 2.00 bits per heavy atom. The third-order valence-electron chi connectivity index (χ3n) is 6.39. The molecule has 0 saturated heterocycles. The van der Waals surface area contributed by atoms with Crippen LogP contribution in [0.15, 0.2) is 36.5 Å². The molecule has 0 amide bonds. The number of hydrogen-bond acceptors (Lipinski definition) is 2. The van der Waals surface area contributed by atoms with Gasteiger partial charge >= 0.3 is 0 Å². The van der Waals surface area contributed by atoms with E-state index in [9.17, 15) is 4.79 Å². The first-order chi connectivity index (χ1) is 13.4.